The second kappa shape index (κ2) is 7.65. The number of aryl methyl sites for hydroxylation is 1. The summed E-state index contributed by atoms with van der Waals surface area (Å²) < 4.78 is 0. The number of hydrogen-bond donors (Lipinski definition) is 3. The van der Waals surface area contributed by atoms with Crippen LogP contribution in [0.3, 0.4) is 0 Å². The predicted molar refractivity (Wildman–Crippen MR) is 102 cm³/mol. The first kappa shape index (κ1) is 18.1. The third-order valence-electron chi connectivity index (χ3n) is 3.93. The molecule has 7 heteroatoms. The molecule has 0 radical (unpaired) electrons. The molecule has 27 heavy (non-hydrogen) atoms. The highest BCUT2D eigenvalue weighted by Crippen LogP contribution is 2.20. The van der Waals surface area contributed by atoms with Crippen molar-refractivity contribution in [2.75, 3.05) is 11.1 Å². The first-order valence-corrected chi connectivity index (χ1v) is 8.24. The van der Waals surface area contributed by atoms with Crippen LogP contribution in [-0.2, 0) is 11.2 Å². The molecule has 7 nitrogen and oxygen atoms in total. The third-order valence-corrected chi connectivity index (χ3v) is 3.93. The largest absolute Gasteiger partial charge is 0.481 e. The molecule has 4 N–H and O–H groups in total. The summed E-state index contributed by atoms with van der Waals surface area (Å²) in [5.74, 6) is -1.37. The Bertz CT molecular complexity index is 983. The van der Waals surface area contributed by atoms with Gasteiger partial charge in [0.1, 0.15) is 0 Å². The van der Waals surface area contributed by atoms with Gasteiger partial charge in [0, 0.05) is 11.3 Å². The van der Waals surface area contributed by atoms with E-state index in [0.29, 0.717) is 16.9 Å². The van der Waals surface area contributed by atoms with Crippen LogP contribution in [0.4, 0.5) is 11.5 Å². The topological polar surface area (TPSA) is 118 Å². The second-order valence-electron chi connectivity index (χ2n) is 6.08. The number of aliphatic carboxylic acids is 1. The summed E-state index contributed by atoms with van der Waals surface area (Å²) in [7, 11) is 0. The number of aromatic nitrogens is 2. The van der Waals surface area contributed by atoms with Crippen LogP contribution < -0.4 is 11.1 Å². The Morgan fingerprint density at radius 3 is 2.37 bits per heavy atom. The van der Waals surface area contributed by atoms with E-state index >= 15 is 0 Å². The van der Waals surface area contributed by atoms with Crippen molar-refractivity contribution in [1.82, 2.24) is 9.97 Å². The lowest BCUT2D eigenvalue weighted by atomic mass is 10.1. The minimum atomic E-state index is -0.914. The summed E-state index contributed by atoms with van der Waals surface area (Å²) >= 11 is 0. The molecule has 0 aliphatic carbocycles. The van der Waals surface area contributed by atoms with Crippen LogP contribution in [0.5, 0.6) is 0 Å². The summed E-state index contributed by atoms with van der Waals surface area (Å²) in [5, 5.41) is 11.5. The van der Waals surface area contributed by atoms with Crippen LogP contribution >= 0.6 is 0 Å². The van der Waals surface area contributed by atoms with E-state index in [1.54, 1.807) is 24.3 Å². The number of carbonyl (C=O) groups excluding carboxylic acids is 1. The van der Waals surface area contributed by atoms with Gasteiger partial charge in [-0.2, -0.15) is 0 Å². The van der Waals surface area contributed by atoms with Gasteiger partial charge < -0.3 is 16.2 Å². The molecule has 0 aliphatic rings. The molecule has 0 atom stereocenters. The minimum absolute atomic E-state index is 0.0303. The van der Waals surface area contributed by atoms with Gasteiger partial charge in [-0.3, -0.25) is 9.59 Å². The number of nitrogen functional groups attached to an aromatic ring is 1. The minimum Gasteiger partial charge on any atom is -0.481 e. The molecule has 1 heterocycles. The van der Waals surface area contributed by atoms with E-state index in [9.17, 15) is 9.59 Å². The van der Waals surface area contributed by atoms with Gasteiger partial charge in [0.2, 0.25) is 0 Å². The number of nitrogens with one attached hydrogen (secondary N) is 1. The van der Waals surface area contributed by atoms with Crippen molar-refractivity contribution in [3.8, 4) is 11.3 Å². The predicted octanol–water partition coefficient (Wildman–Crippen LogP) is 2.91. The van der Waals surface area contributed by atoms with E-state index in [-0.39, 0.29) is 17.9 Å². The number of carboxylic acids is 1. The Morgan fingerprint density at radius 1 is 1.07 bits per heavy atom. The fourth-order valence-electron chi connectivity index (χ4n) is 2.50. The monoisotopic (exact) mass is 362 g/mol. The van der Waals surface area contributed by atoms with Crippen LogP contribution in [-0.4, -0.2) is 27.0 Å². The molecule has 136 valence electrons. The van der Waals surface area contributed by atoms with Gasteiger partial charge >= 0.3 is 5.97 Å². The number of benzene rings is 2. The molecule has 0 fully saturated rings. The van der Waals surface area contributed by atoms with Gasteiger partial charge in [0.15, 0.2) is 11.5 Å². The molecule has 0 unspecified atom stereocenters. The number of carboxylic acid groups (broad SMARTS) is 1. The maximum absolute atomic E-state index is 12.5. The molecular formula is C20H18N4O3. The van der Waals surface area contributed by atoms with Crippen LogP contribution in [0.1, 0.15) is 21.6 Å². The van der Waals surface area contributed by atoms with Crippen LogP contribution in [0.15, 0.2) is 54.7 Å². The molecular weight excluding hydrogens is 344 g/mol. The van der Waals surface area contributed by atoms with Crippen molar-refractivity contribution in [2.24, 2.45) is 0 Å². The van der Waals surface area contributed by atoms with Gasteiger partial charge in [-0.15, -0.1) is 0 Å². The van der Waals surface area contributed by atoms with E-state index < -0.39 is 11.9 Å². The van der Waals surface area contributed by atoms with Crippen molar-refractivity contribution < 1.29 is 14.7 Å². The molecule has 0 saturated carbocycles. The van der Waals surface area contributed by atoms with E-state index in [4.69, 9.17) is 10.8 Å². The Hall–Kier alpha value is -3.74. The number of rotatable bonds is 5. The lowest BCUT2D eigenvalue weighted by Crippen LogP contribution is -2.17. The Morgan fingerprint density at radius 2 is 1.74 bits per heavy atom. The number of hydrogen-bond acceptors (Lipinski definition) is 5. The lowest BCUT2D eigenvalue weighted by Gasteiger charge is -2.09. The normalized spacial score (nSPS) is 10.4. The lowest BCUT2D eigenvalue weighted by molar-refractivity contribution is -0.136. The Kier molecular flexibility index (Phi) is 5.12. The maximum atomic E-state index is 12.5. The number of nitrogens with zero attached hydrogens (tertiary/aromatic N) is 2. The molecule has 2 aromatic carbocycles. The fourth-order valence-corrected chi connectivity index (χ4v) is 2.50. The highest BCUT2D eigenvalue weighted by molar-refractivity contribution is 6.06. The standard InChI is InChI=1S/C20H18N4O3/c1-12-2-6-14(7-3-12)16-11-22-19(21)18(24-16)20(27)23-15-8-4-13(5-9-15)10-17(25)26/h2-9,11H,10H2,1H3,(H2,21,22)(H,23,27)(H,25,26). The van der Waals surface area contributed by atoms with Crippen molar-refractivity contribution in [2.45, 2.75) is 13.3 Å². The zero-order chi connectivity index (χ0) is 19.4. The SMILES string of the molecule is Cc1ccc(-c2cnc(N)c(C(=O)Nc3ccc(CC(=O)O)cc3)n2)cc1. The summed E-state index contributed by atoms with van der Waals surface area (Å²) in [6.45, 7) is 1.99. The van der Waals surface area contributed by atoms with E-state index in [2.05, 4.69) is 15.3 Å². The first-order valence-electron chi connectivity index (χ1n) is 8.24. The van der Waals surface area contributed by atoms with Gasteiger partial charge in [-0.25, -0.2) is 9.97 Å². The summed E-state index contributed by atoms with van der Waals surface area (Å²) in [4.78, 5) is 31.7. The highest BCUT2D eigenvalue weighted by Gasteiger charge is 2.15. The molecule has 3 aromatic rings. The van der Waals surface area contributed by atoms with Crippen LogP contribution in [0.2, 0.25) is 0 Å². The van der Waals surface area contributed by atoms with Crippen molar-refractivity contribution in [1.29, 1.82) is 0 Å². The average molecular weight is 362 g/mol. The second-order valence-corrected chi connectivity index (χ2v) is 6.08. The quantitative estimate of drug-likeness (QED) is 0.642. The Balaban J connectivity index is 1.80. The molecule has 1 aromatic heterocycles. The number of carbonyl (C=O) groups is 2. The average Bonchev–Trinajstić information content (AvgIpc) is 2.64. The molecule has 3 rings (SSSR count). The molecule has 0 aliphatic heterocycles. The highest BCUT2D eigenvalue weighted by atomic mass is 16.4. The van der Waals surface area contributed by atoms with Crippen molar-refractivity contribution >= 4 is 23.4 Å². The first-order chi connectivity index (χ1) is 12.9. The smallest absolute Gasteiger partial charge is 0.307 e. The molecule has 0 spiro atoms. The molecule has 1 amide bonds. The van der Waals surface area contributed by atoms with Gasteiger partial charge in [-0.05, 0) is 24.6 Å². The van der Waals surface area contributed by atoms with E-state index in [1.807, 2.05) is 31.2 Å². The summed E-state index contributed by atoms with van der Waals surface area (Å²) in [5.41, 5.74) is 9.50. The fraction of sp³-hybridized carbons (Fsp3) is 0.100. The zero-order valence-corrected chi connectivity index (χ0v) is 14.6. The van der Waals surface area contributed by atoms with Crippen molar-refractivity contribution in [3.05, 3.63) is 71.5 Å². The number of amides is 1. The number of anilines is 2. The number of nitrogens with two attached hydrogens (primary N) is 1. The van der Waals surface area contributed by atoms with Gasteiger partial charge in [0.25, 0.3) is 5.91 Å². The summed E-state index contributed by atoms with van der Waals surface area (Å²) in [6.07, 6.45) is 1.45. The molecule has 0 saturated heterocycles. The van der Waals surface area contributed by atoms with Crippen LogP contribution in [0, 0.1) is 6.92 Å². The molecule has 0 bridgehead atoms. The van der Waals surface area contributed by atoms with Crippen LogP contribution in [0.25, 0.3) is 11.3 Å². The van der Waals surface area contributed by atoms with Crippen molar-refractivity contribution in [3.63, 3.8) is 0 Å². The third kappa shape index (κ3) is 4.46. The van der Waals surface area contributed by atoms with Gasteiger partial charge in [-0.1, -0.05) is 42.0 Å². The summed E-state index contributed by atoms with van der Waals surface area (Å²) in [6, 6.07) is 14.2. The van der Waals surface area contributed by atoms with E-state index in [1.165, 1.54) is 6.20 Å². The maximum Gasteiger partial charge on any atom is 0.307 e. The van der Waals surface area contributed by atoms with E-state index in [0.717, 1.165) is 11.1 Å². The zero-order valence-electron chi connectivity index (χ0n) is 14.6. The Labute approximate surface area is 155 Å². The van der Waals surface area contributed by atoms with Gasteiger partial charge in [0.05, 0.1) is 18.3 Å².